The van der Waals surface area contributed by atoms with E-state index in [0.717, 1.165) is 0 Å². The molecule has 0 bridgehead atoms. The predicted octanol–water partition coefficient (Wildman–Crippen LogP) is 6.83. The molecule has 0 N–H and O–H groups in total. The van der Waals surface area contributed by atoms with Gasteiger partial charge in [0.05, 0.1) is 0 Å². The molecule has 2 heteroatoms. The first-order valence-electron chi connectivity index (χ1n) is 9.95. The van der Waals surface area contributed by atoms with Crippen LogP contribution < -0.4 is 15.9 Å². The van der Waals surface area contributed by atoms with E-state index < -0.39 is 7.92 Å². The number of benzene rings is 3. The van der Waals surface area contributed by atoms with Crippen LogP contribution in [0, 0.1) is 5.41 Å². The van der Waals surface area contributed by atoms with Gasteiger partial charge >= 0.3 is 0 Å². The molecule has 0 saturated heterocycles. The second-order valence-electron chi connectivity index (χ2n) is 7.89. The van der Waals surface area contributed by atoms with Gasteiger partial charge in [0.25, 0.3) is 0 Å². The lowest BCUT2D eigenvalue weighted by atomic mass is 9.97. The average molecular weight is 404 g/mol. The maximum atomic E-state index is 2.63. The van der Waals surface area contributed by atoms with Crippen LogP contribution in [0.3, 0.4) is 0 Å². The van der Waals surface area contributed by atoms with E-state index in [2.05, 4.69) is 125 Å². The van der Waals surface area contributed by atoms with Gasteiger partial charge in [-0.2, -0.15) is 0 Å². The summed E-state index contributed by atoms with van der Waals surface area (Å²) in [6, 6.07) is 33.1. The van der Waals surface area contributed by atoms with Gasteiger partial charge in [0.15, 0.2) is 0 Å². The Hall–Kier alpha value is -1.74. The van der Waals surface area contributed by atoms with Crippen LogP contribution in [0.15, 0.2) is 102 Å². The summed E-state index contributed by atoms with van der Waals surface area (Å²) in [4.78, 5) is 0. The minimum Gasteiger partial charge on any atom is -0.0622 e. The molecule has 0 spiro atoms. The van der Waals surface area contributed by atoms with Crippen LogP contribution in [-0.2, 0) is 0 Å². The Balaban J connectivity index is 2.15. The molecular weight excluding hydrogens is 374 g/mol. The lowest BCUT2D eigenvalue weighted by molar-refractivity contribution is 0.532. The molecule has 0 aliphatic heterocycles. The Morgan fingerprint density at radius 3 is 1.43 bits per heavy atom. The van der Waals surface area contributed by atoms with Gasteiger partial charge in [-0.25, -0.2) is 0 Å². The summed E-state index contributed by atoms with van der Waals surface area (Å²) in [6.07, 6.45) is 1.18. The Morgan fingerprint density at radius 1 is 0.679 bits per heavy atom. The molecular formula is C26H30P2. The molecule has 1 atom stereocenters. The van der Waals surface area contributed by atoms with Crippen molar-refractivity contribution in [3.63, 3.8) is 0 Å². The van der Waals surface area contributed by atoms with E-state index in [1.165, 1.54) is 22.1 Å². The van der Waals surface area contributed by atoms with E-state index in [1.54, 1.807) is 5.31 Å². The van der Waals surface area contributed by atoms with Crippen molar-refractivity contribution in [3.05, 3.63) is 102 Å². The van der Waals surface area contributed by atoms with Gasteiger partial charge in [0.1, 0.15) is 0 Å². The van der Waals surface area contributed by atoms with Crippen LogP contribution in [0.5, 0.6) is 0 Å². The van der Waals surface area contributed by atoms with Crippen LogP contribution in [0.2, 0.25) is 0 Å². The molecule has 0 fully saturated rings. The molecule has 3 aromatic rings. The van der Waals surface area contributed by atoms with Crippen LogP contribution in [0.4, 0.5) is 0 Å². The van der Waals surface area contributed by atoms with E-state index in [0.29, 0.717) is 0 Å². The molecule has 0 nitrogen and oxygen atoms in total. The van der Waals surface area contributed by atoms with E-state index >= 15 is 0 Å². The maximum Gasteiger partial charge on any atom is -0.0124 e. The minimum absolute atomic E-state index is 0.141. The molecule has 0 amide bonds. The highest BCUT2D eigenvalue weighted by atomic mass is 31.1. The van der Waals surface area contributed by atoms with Gasteiger partial charge in [-0.05, 0) is 54.5 Å². The molecule has 3 aromatic carbocycles. The molecule has 1 unspecified atom stereocenters. The SMILES string of the molecule is CCP(/C(=C\P(c1ccccc1)c1ccccc1)C(C)(C)C)c1ccccc1. The number of rotatable bonds is 6. The van der Waals surface area contributed by atoms with Crippen molar-refractivity contribution in [2.45, 2.75) is 27.7 Å². The molecule has 144 valence electrons. The molecule has 0 aromatic heterocycles. The zero-order chi connectivity index (χ0) is 20.0. The first kappa shape index (κ1) is 21.0. The van der Waals surface area contributed by atoms with Crippen molar-refractivity contribution in [1.29, 1.82) is 0 Å². The fourth-order valence-electron chi connectivity index (χ4n) is 3.37. The smallest absolute Gasteiger partial charge is 0.0124 e. The lowest BCUT2D eigenvalue weighted by Gasteiger charge is -2.32. The summed E-state index contributed by atoms with van der Waals surface area (Å²) in [6.45, 7) is 9.45. The maximum absolute atomic E-state index is 2.63. The molecule has 0 radical (unpaired) electrons. The quantitative estimate of drug-likeness (QED) is 0.395. The fourth-order valence-corrected chi connectivity index (χ4v) is 8.81. The van der Waals surface area contributed by atoms with Gasteiger partial charge in [0.2, 0.25) is 0 Å². The number of allylic oxidation sites excluding steroid dienone is 1. The second-order valence-corrected chi connectivity index (χ2v) is 12.4. The third-order valence-corrected chi connectivity index (χ3v) is 10.1. The number of hydrogen-bond donors (Lipinski definition) is 0. The van der Waals surface area contributed by atoms with E-state index in [1.807, 2.05) is 0 Å². The standard InChI is InChI=1S/C26H30P2/c1-5-27(22-15-9-6-10-16-22)25(26(2,3)4)21-28(23-17-11-7-12-18-23)24-19-13-8-14-20-24/h6-21H,5H2,1-4H3/b25-21-. The highest BCUT2D eigenvalue weighted by molar-refractivity contribution is 7.77. The van der Waals surface area contributed by atoms with E-state index in [4.69, 9.17) is 0 Å². The lowest BCUT2D eigenvalue weighted by Crippen LogP contribution is -2.17. The van der Waals surface area contributed by atoms with Crippen molar-refractivity contribution < 1.29 is 0 Å². The molecule has 0 aliphatic rings. The van der Waals surface area contributed by atoms with Crippen molar-refractivity contribution in [2.75, 3.05) is 6.16 Å². The van der Waals surface area contributed by atoms with Crippen molar-refractivity contribution >= 4 is 31.8 Å². The Bertz CT molecular complexity index is 838. The zero-order valence-electron chi connectivity index (χ0n) is 17.3. The van der Waals surface area contributed by atoms with Gasteiger partial charge in [-0.15, -0.1) is 0 Å². The van der Waals surface area contributed by atoms with E-state index in [-0.39, 0.29) is 13.3 Å². The Labute approximate surface area is 173 Å². The van der Waals surface area contributed by atoms with Crippen molar-refractivity contribution in [2.24, 2.45) is 5.41 Å². The zero-order valence-corrected chi connectivity index (χ0v) is 19.1. The minimum atomic E-state index is -0.529. The topological polar surface area (TPSA) is 0 Å². The van der Waals surface area contributed by atoms with Gasteiger partial charge in [0, 0.05) is 0 Å². The van der Waals surface area contributed by atoms with Crippen LogP contribution >= 0.6 is 15.8 Å². The molecule has 28 heavy (non-hydrogen) atoms. The van der Waals surface area contributed by atoms with Crippen LogP contribution in [0.25, 0.3) is 0 Å². The highest BCUT2D eigenvalue weighted by Crippen LogP contribution is 2.55. The van der Waals surface area contributed by atoms with Crippen molar-refractivity contribution in [1.82, 2.24) is 0 Å². The summed E-state index contributed by atoms with van der Waals surface area (Å²) < 4.78 is 0. The third-order valence-electron chi connectivity index (χ3n) is 4.76. The Morgan fingerprint density at radius 2 is 1.07 bits per heavy atom. The Kier molecular flexibility index (Phi) is 7.23. The van der Waals surface area contributed by atoms with E-state index in [9.17, 15) is 0 Å². The average Bonchev–Trinajstić information content (AvgIpc) is 2.72. The van der Waals surface area contributed by atoms with Crippen LogP contribution in [0.1, 0.15) is 27.7 Å². The summed E-state index contributed by atoms with van der Waals surface area (Å²) in [7, 11) is -0.870. The predicted molar refractivity (Wildman–Crippen MR) is 130 cm³/mol. The normalized spacial score (nSPS) is 13.5. The second kappa shape index (κ2) is 9.65. The fraction of sp³-hybridized carbons (Fsp3) is 0.231. The first-order valence-corrected chi connectivity index (χ1v) is 12.9. The largest absolute Gasteiger partial charge is 0.0622 e. The monoisotopic (exact) mass is 404 g/mol. The summed E-state index contributed by atoms with van der Waals surface area (Å²) in [5, 5.41) is 5.93. The van der Waals surface area contributed by atoms with Gasteiger partial charge in [-0.1, -0.05) is 119 Å². The summed E-state index contributed by atoms with van der Waals surface area (Å²) in [5.41, 5.74) is 0.141. The third kappa shape index (κ3) is 5.20. The molecule has 0 aliphatic carbocycles. The summed E-state index contributed by atoms with van der Waals surface area (Å²) in [5.74, 6) is 2.63. The first-order chi connectivity index (χ1) is 13.5. The summed E-state index contributed by atoms with van der Waals surface area (Å²) >= 11 is 0. The highest BCUT2D eigenvalue weighted by Gasteiger charge is 2.27. The van der Waals surface area contributed by atoms with Gasteiger partial charge < -0.3 is 0 Å². The molecule has 0 heterocycles. The molecule has 0 saturated carbocycles. The number of hydrogen-bond acceptors (Lipinski definition) is 0. The van der Waals surface area contributed by atoms with Gasteiger partial charge in [-0.3, -0.25) is 0 Å². The van der Waals surface area contributed by atoms with Crippen molar-refractivity contribution in [3.8, 4) is 0 Å². The van der Waals surface area contributed by atoms with Crippen LogP contribution in [-0.4, -0.2) is 6.16 Å². The molecule has 3 rings (SSSR count).